The van der Waals surface area contributed by atoms with Gasteiger partial charge in [-0.1, -0.05) is 19.1 Å². The summed E-state index contributed by atoms with van der Waals surface area (Å²) in [5, 5.41) is 1.26. The molecule has 2 saturated heterocycles. The summed E-state index contributed by atoms with van der Waals surface area (Å²) in [6.45, 7) is 6.02. The van der Waals surface area contributed by atoms with Crippen LogP contribution < -0.4 is 4.90 Å². The molecule has 2 fully saturated rings. The molecule has 1 aromatic carbocycles. The van der Waals surface area contributed by atoms with Crippen LogP contribution >= 0.6 is 11.3 Å². The van der Waals surface area contributed by atoms with Crippen molar-refractivity contribution in [1.82, 2.24) is 9.88 Å². The first kappa shape index (κ1) is 17.9. The average molecular weight is 373 g/mol. The van der Waals surface area contributed by atoms with E-state index in [9.17, 15) is 4.79 Å². The van der Waals surface area contributed by atoms with Crippen LogP contribution in [0.25, 0.3) is 10.2 Å². The van der Waals surface area contributed by atoms with Gasteiger partial charge in [0, 0.05) is 12.6 Å². The summed E-state index contributed by atoms with van der Waals surface area (Å²) in [6.07, 6.45) is 7.13. The number of hydrogen-bond acceptors (Lipinski definition) is 3. The minimum absolute atomic E-state index is 0.372. The zero-order valence-electron chi connectivity index (χ0n) is 15.7. The number of nitrogens with zero attached hydrogens (tertiary/aromatic N) is 2. The molecule has 2 aliphatic heterocycles. The van der Waals surface area contributed by atoms with E-state index < -0.39 is 0 Å². The Hall–Kier alpha value is -1.46. The van der Waals surface area contributed by atoms with Crippen LogP contribution in [0.2, 0.25) is 0 Å². The number of likely N-dealkylation sites (tertiary alicyclic amines) is 2. The summed E-state index contributed by atoms with van der Waals surface area (Å²) in [6, 6.07) is 8.89. The fourth-order valence-corrected chi connectivity index (χ4v) is 5.76. The van der Waals surface area contributed by atoms with Crippen LogP contribution in [0.3, 0.4) is 0 Å². The molecule has 4 nitrogen and oxygen atoms in total. The number of carbonyl (C=O) groups is 1. The van der Waals surface area contributed by atoms with Crippen LogP contribution in [0.1, 0.15) is 56.4 Å². The molecule has 1 amide bonds. The highest BCUT2D eigenvalue weighted by Crippen LogP contribution is 2.30. The lowest BCUT2D eigenvalue weighted by atomic mass is 9.98. The van der Waals surface area contributed by atoms with Crippen molar-refractivity contribution in [2.45, 2.75) is 57.4 Å². The van der Waals surface area contributed by atoms with E-state index in [2.05, 4.69) is 36.1 Å². The molecule has 1 unspecified atom stereocenters. The molecule has 1 N–H and O–H groups in total. The molecule has 0 radical (unpaired) electrons. The van der Waals surface area contributed by atoms with E-state index in [4.69, 9.17) is 4.98 Å². The van der Waals surface area contributed by atoms with Crippen LogP contribution in [0.4, 0.5) is 0 Å². The number of carbonyl (C=O) groups excluding carboxylic acids is 1. The molecule has 3 atom stereocenters. The third kappa shape index (κ3) is 3.79. The molecule has 2 aliphatic rings. The maximum atomic E-state index is 12.9. The first-order chi connectivity index (χ1) is 12.7. The van der Waals surface area contributed by atoms with E-state index in [1.54, 1.807) is 0 Å². The van der Waals surface area contributed by atoms with Crippen molar-refractivity contribution in [3.8, 4) is 0 Å². The first-order valence-corrected chi connectivity index (χ1v) is 11.0. The van der Waals surface area contributed by atoms with Gasteiger partial charge in [0.25, 0.3) is 5.91 Å². The standard InChI is InChI=1S/C21H29N3OS/c1-2-17-9-5-6-13-24(17)20(25)15-23-12-7-8-16(14-23)21-22-18-10-3-4-11-19(18)26-21/h3-4,10-11,16-17H,2,5-9,12-15H2,1H3/p+1/t16-,17+/m0/s1. The first-order valence-electron chi connectivity index (χ1n) is 10.2. The molecular weight excluding hydrogens is 342 g/mol. The van der Waals surface area contributed by atoms with Crippen LogP contribution in [-0.2, 0) is 4.79 Å². The normalized spacial score (nSPS) is 27.0. The number of thiazole rings is 1. The van der Waals surface area contributed by atoms with Crippen molar-refractivity contribution in [3.05, 3.63) is 29.3 Å². The number of nitrogens with one attached hydrogen (secondary N) is 1. The zero-order chi connectivity index (χ0) is 17.9. The fourth-order valence-electron chi connectivity index (χ4n) is 4.66. The largest absolute Gasteiger partial charge is 0.335 e. The summed E-state index contributed by atoms with van der Waals surface area (Å²) in [7, 11) is 0. The lowest BCUT2D eigenvalue weighted by Gasteiger charge is -2.37. The molecule has 2 aromatic rings. The van der Waals surface area contributed by atoms with Crippen molar-refractivity contribution in [2.75, 3.05) is 26.2 Å². The second kappa shape index (κ2) is 8.05. The highest BCUT2D eigenvalue weighted by atomic mass is 32.1. The Morgan fingerprint density at radius 1 is 1.27 bits per heavy atom. The van der Waals surface area contributed by atoms with E-state index in [-0.39, 0.29) is 0 Å². The van der Waals surface area contributed by atoms with Crippen LogP contribution in [0.15, 0.2) is 24.3 Å². The average Bonchev–Trinajstić information content (AvgIpc) is 3.12. The minimum Gasteiger partial charge on any atom is -0.335 e. The van der Waals surface area contributed by atoms with Crippen molar-refractivity contribution in [3.63, 3.8) is 0 Å². The lowest BCUT2D eigenvalue weighted by molar-refractivity contribution is -0.898. The zero-order valence-corrected chi connectivity index (χ0v) is 16.6. The highest BCUT2D eigenvalue weighted by Gasteiger charge is 2.32. The number of amides is 1. The lowest BCUT2D eigenvalue weighted by Crippen LogP contribution is -3.14. The van der Waals surface area contributed by atoms with Crippen LogP contribution in [-0.4, -0.2) is 48.0 Å². The van der Waals surface area contributed by atoms with E-state index in [1.807, 2.05) is 11.3 Å². The molecule has 0 bridgehead atoms. The third-order valence-electron chi connectivity index (χ3n) is 6.10. The number of para-hydroxylation sites is 1. The maximum absolute atomic E-state index is 12.9. The van der Waals surface area contributed by atoms with Crippen molar-refractivity contribution >= 4 is 27.5 Å². The fraction of sp³-hybridized carbons (Fsp3) is 0.619. The summed E-state index contributed by atoms with van der Waals surface area (Å²) in [5.41, 5.74) is 1.12. The van der Waals surface area contributed by atoms with Gasteiger partial charge in [0.2, 0.25) is 0 Å². The van der Waals surface area contributed by atoms with Gasteiger partial charge in [-0.15, -0.1) is 11.3 Å². The Balaban J connectivity index is 1.41. The van der Waals surface area contributed by atoms with E-state index >= 15 is 0 Å². The summed E-state index contributed by atoms with van der Waals surface area (Å²) in [5.74, 6) is 0.878. The molecule has 5 heteroatoms. The number of piperidine rings is 2. The van der Waals surface area contributed by atoms with Gasteiger partial charge in [0.05, 0.1) is 29.2 Å². The van der Waals surface area contributed by atoms with Crippen LogP contribution in [0.5, 0.6) is 0 Å². The Labute approximate surface area is 160 Å². The maximum Gasteiger partial charge on any atom is 0.278 e. The van der Waals surface area contributed by atoms with Crippen LogP contribution in [0, 0.1) is 0 Å². The van der Waals surface area contributed by atoms with Gasteiger partial charge >= 0.3 is 0 Å². The Morgan fingerprint density at radius 3 is 3.00 bits per heavy atom. The number of hydrogen-bond donors (Lipinski definition) is 1. The monoisotopic (exact) mass is 372 g/mol. The molecule has 4 rings (SSSR count). The molecule has 140 valence electrons. The Kier molecular flexibility index (Phi) is 5.55. The smallest absolute Gasteiger partial charge is 0.278 e. The summed E-state index contributed by atoms with van der Waals surface area (Å²) >= 11 is 1.84. The molecule has 0 aliphatic carbocycles. The second-order valence-corrected chi connectivity index (χ2v) is 8.95. The quantitative estimate of drug-likeness (QED) is 0.896. The van der Waals surface area contributed by atoms with Crippen molar-refractivity contribution in [2.24, 2.45) is 0 Å². The molecule has 0 saturated carbocycles. The van der Waals surface area contributed by atoms with Gasteiger partial charge in [-0.25, -0.2) is 4.98 Å². The van der Waals surface area contributed by atoms with Gasteiger partial charge in [-0.2, -0.15) is 0 Å². The molecular formula is C21H30N3OS+. The molecule has 3 heterocycles. The SMILES string of the molecule is CC[C@@H]1CCCCN1C(=O)C[NH+]1CCC[C@H](c2nc3ccccc3s2)C1. The predicted molar refractivity (Wildman–Crippen MR) is 107 cm³/mol. The molecule has 1 aromatic heterocycles. The Morgan fingerprint density at radius 2 is 2.15 bits per heavy atom. The van der Waals surface area contributed by atoms with Crippen molar-refractivity contribution < 1.29 is 9.69 Å². The minimum atomic E-state index is 0.372. The Bertz CT molecular complexity index is 726. The van der Waals surface area contributed by atoms with Gasteiger partial charge in [0.1, 0.15) is 5.01 Å². The van der Waals surface area contributed by atoms with E-state index in [0.717, 1.165) is 31.6 Å². The van der Waals surface area contributed by atoms with Gasteiger partial charge in [0.15, 0.2) is 6.54 Å². The van der Waals surface area contributed by atoms with E-state index in [1.165, 1.54) is 46.7 Å². The third-order valence-corrected chi connectivity index (χ3v) is 7.30. The number of quaternary nitrogens is 1. The molecule has 26 heavy (non-hydrogen) atoms. The van der Waals surface area contributed by atoms with Gasteiger partial charge in [-0.05, 0) is 50.7 Å². The van der Waals surface area contributed by atoms with Gasteiger partial charge in [-0.3, -0.25) is 4.79 Å². The number of aromatic nitrogens is 1. The molecule has 0 spiro atoms. The topological polar surface area (TPSA) is 37.6 Å². The predicted octanol–water partition coefficient (Wildman–Crippen LogP) is 2.85. The van der Waals surface area contributed by atoms with Gasteiger partial charge < -0.3 is 9.80 Å². The highest BCUT2D eigenvalue weighted by molar-refractivity contribution is 7.18. The second-order valence-electron chi connectivity index (χ2n) is 7.88. The number of fused-ring (bicyclic) bond motifs is 1. The summed E-state index contributed by atoms with van der Waals surface area (Å²) < 4.78 is 1.28. The summed E-state index contributed by atoms with van der Waals surface area (Å²) in [4.78, 5) is 21.4. The van der Waals surface area contributed by atoms with E-state index in [0.29, 0.717) is 24.4 Å². The number of rotatable bonds is 4. The number of benzene rings is 1. The van der Waals surface area contributed by atoms with Crippen molar-refractivity contribution in [1.29, 1.82) is 0 Å².